The Balaban J connectivity index is 1.71. The predicted molar refractivity (Wildman–Crippen MR) is 122 cm³/mol. The Morgan fingerprint density at radius 3 is 2.61 bits per heavy atom. The van der Waals surface area contributed by atoms with Crippen LogP contribution in [-0.2, 0) is 20.6 Å². The molecule has 1 aliphatic rings. The van der Waals surface area contributed by atoms with Crippen LogP contribution in [0.4, 0.5) is 5.69 Å². The largest absolute Gasteiger partial charge is 0.497 e. The van der Waals surface area contributed by atoms with E-state index in [-0.39, 0.29) is 18.2 Å². The lowest BCUT2D eigenvalue weighted by molar-refractivity contribution is -0.120. The zero-order chi connectivity index (χ0) is 22.6. The lowest BCUT2D eigenvalue weighted by Crippen LogP contribution is -2.44. The van der Waals surface area contributed by atoms with Crippen molar-refractivity contribution in [3.8, 4) is 11.5 Å². The molecule has 1 aliphatic heterocycles. The highest BCUT2D eigenvalue weighted by atomic mass is 35.5. The number of sulfonamides is 1. The van der Waals surface area contributed by atoms with Gasteiger partial charge in [0.2, 0.25) is 15.9 Å². The maximum atomic E-state index is 13.0. The molecule has 0 aromatic heterocycles. The van der Waals surface area contributed by atoms with E-state index in [4.69, 9.17) is 32.7 Å². The van der Waals surface area contributed by atoms with Crippen LogP contribution in [0, 0.1) is 5.92 Å². The van der Waals surface area contributed by atoms with E-state index in [0.29, 0.717) is 52.2 Å². The van der Waals surface area contributed by atoms with Crippen molar-refractivity contribution >= 4 is 44.8 Å². The van der Waals surface area contributed by atoms with Crippen LogP contribution in [-0.4, -0.2) is 45.9 Å². The van der Waals surface area contributed by atoms with E-state index in [9.17, 15) is 13.2 Å². The molecule has 1 heterocycles. The molecule has 10 heteroatoms. The number of amides is 1. The van der Waals surface area contributed by atoms with E-state index in [0.717, 1.165) is 0 Å². The van der Waals surface area contributed by atoms with Gasteiger partial charge in [0.15, 0.2) is 0 Å². The molecule has 0 radical (unpaired) electrons. The highest BCUT2D eigenvalue weighted by molar-refractivity contribution is 7.88. The van der Waals surface area contributed by atoms with E-state index in [2.05, 4.69) is 5.32 Å². The first-order chi connectivity index (χ1) is 14.7. The highest BCUT2D eigenvalue weighted by Crippen LogP contribution is 2.31. The average molecular weight is 487 g/mol. The van der Waals surface area contributed by atoms with Crippen LogP contribution in [0.1, 0.15) is 18.4 Å². The molecular weight excluding hydrogens is 463 g/mol. The zero-order valence-electron chi connectivity index (χ0n) is 17.2. The van der Waals surface area contributed by atoms with Gasteiger partial charge in [0.1, 0.15) is 11.5 Å². The second kappa shape index (κ2) is 10.1. The van der Waals surface area contributed by atoms with Gasteiger partial charge in [-0.25, -0.2) is 12.7 Å². The van der Waals surface area contributed by atoms with Crippen molar-refractivity contribution in [2.75, 3.05) is 32.6 Å². The molecule has 168 valence electrons. The third-order valence-corrected chi connectivity index (χ3v) is 7.55. The number of rotatable bonds is 7. The van der Waals surface area contributed by atoms with E-state index in [1.54, 1.807) is 30.3 Å². The van der Waals surface area contributed by atoms with Crippen molar-refractivity contribution in [2.45, 2.75) is 18.6 Å². The van der Waals surface area contributed by atoms with Crippen molar-refractivity contribution in [1.29, 1.82) is 0 Å². The van der Waals surface area contributed by atoms with Crippen LogP contribution in [0.3, 0.4) is 0 Å². The standard InChI is InChI=1S/C21H24Cl2N2O5S/c1-29-17-7-8-20(30-2)19(11-17)24-21(26)14-4-3-9-25(12-14)31(27,28)13-15-5-6-16(22)10-18(15)23/h5-8,10-11,14H,3-4,9,12-13H2,1-2H3,(H,24,26)/t14-/m0/s1. The second-order valence-electron chi connectivity index (χ2n) is 7.24. The van der Waals surface area contributed by atoms with E-state index >= 15 is 0 Å². The molecule has 1 atom stereocenters. The third-order valence-electron chi connectivity index (χ3n) is 5.17. The number of hydrogen-bond donors (Lipinski definition) is 1. The summed E-state index contributed by atoms with van der Waals surface area (Å²) in [5, 5.41) is 3.58. The number of anilines is 1. The monoisotopic (exact) mass is 486 g/mol. The van der Waals surface area contributed by atoms with Crippen molar-refractivity contribution < 1.29 is 22.7 Å². The van der Waals surface area contributed by atoms with E-state index in [1.807, 2.05) is 0 Å². The first-order valence-corrected chi connectivity index (χ1v) is 12.0. The van der Waals surface area contributed by atoms with Crippen LogP contribution in [0.5, 0.6) is 11.5 Å². The maximum Gasteiger partial charge on any atom is 0.228 e. The molecule has 1 saturated heterocycles. The van der Waals surface area contributed by atoms with Gasteiger partial charge in [0, 0.05) is 29.2 Å². The highest BCUT2D eigenvalue weighted by Gasteiger charge is 2.33. The van der Waals surface area contributed by atoms with Gasteiger partial charge in [-0.15, -0.1) is 0 Å². The molecule has 2 aromatic carbocycles. The first-order valence-electron chi connectivity index (χ1n) is 9.68. The fourth-order valence-corrected chi connectivity index (χ4v) is 5.68. The number of carbonyl (C=O) groups is 1. The molecule has 7 nitrogen and oxygen atoms in total. The van der Waals surface area contributed by atoms with Gasteiger partial charge in [-0.3, -0.25) is 4.79 Å². The SMILES string of the molecule is COc1ccc(OC)c(NC(=O)[C@H]2CCCN(S(=O)(=O)Cc3ccc(Cl)cc3Cl)C2)c1. The third kappa shape index (κ3) is 5.83. The van der Waals surface area contributed by atoms with E-state index in [1.165, 1.54) is 24.6 Å². The fourth-order valence-electron chi connectivity index (χ4n) is 3.48. The summed E-state index contributed by atoms with van der Waals surface area (Å²) in [4.78, 5) is 12.9. The maximum absolute atomic E-state index is 13.0. The predicted octanol–water partition coefficient (Wildman–Crippen LogP) is 4.19. The summed E-state index contributed by atoms with van der Waals surface area (Å²) in [6.07, 6.45) is 1.17. The van der Waals surface area contributed by atoms with Crippen LogP contribution >= 0.6 is 23.2 Å². The van der Waals surface area contributed by atoms with Gasteiger partial charge < -0.3 is 14.8 Å². The number of nitrogens with zero attached hydrogens (tertiary/aromatic N) is 1. The molecule has 0 bridgehead atoms. The number of piperidine rings is 1. The summed E-state index contributed by atoms with van der Waals surface area (Å²) >= 11 is 12.0. The van der Waals surface area contributed by atoms with Crippen molar-refractivity contribution in [3.63, 3.8) is 0 Å². The van der Waals surface area contributed by atoms with Crippen LogP contribution in [0.25, 0.3) is 0 Å². The summed E-state index contributed by atoms with van der Waals surface area (Å²) in [5.41, 5.74) is 0.943. The molecule has 1 amide bonds. The van der Waals surface area contributed by atoms with E-state index < -0.39 is 15.9 Å². The van der Waals surface area contributed by atoms with Crippen molar-refractivity contribution in [1.82, 2.24) is 4.31 Å². The number of carbonyl (C=O) groups excluding carboxylic acids is 1. The molecule has 31 heavy (non-hydrogen) atoms. The first kappa shape index (κ1) is 23.7. The van der Waals surface area contributed by atoms with Crippen molar-refractivity contribution in [3.05, 3.63) is 52.0 Å². The lowest BCUT2D eigenvalue weighted by atomic mass is 9.98. The van der Waals surface area contributed by atoms with Gasteiger partial charge in [-0.2, -0.15) is 0 Å². The molecule has 2 aromatic rings. The fraction of sp³-hybridized carbons (Fsp3) is 0.381. The number of hydrogen-bond acceptors (Lipinski definition) is 5. The van der Waals surface area contributed by atoms with Gasteiger partial charge >= 0.3 is 0 Å². The minimum atomic E-state index is -3.65. The summed E-state index contributed by atoms with van der Waals surface area (Å²) in [6, 6.07) is 9.81. The summed E-state index contributed by atoms with van der Waals surface area (Å²) in [6.45, 7) is 0.464. The normalized spacial score (nSPS) is 17.2. The smallest absolute Gasteiger partial charge is 0.228 e. The summed E-state index contributed by atoms with van der Waals surface area (Å²) in [7, 11) is -0.613. The number of nitrogens with one attached hydrogen (secondary N) is 1. The van der Waals surface area contributed by atoms with Crippen LogP contribution < -0.4 is 14.8 Å². The minimum Gasteiger partial charge on any atom is -0.497 e. The Bertz CT molecular complexity index is 1060. The minimum absolute atomic E-state index is 0.103. The topological polar surface area (TPSA) is 84.9 Å². The average Bonchev–Trinajstić information content (AvgIpc) is 2.75. The van der Waals surface area contributed by atoms with Gasteiger partial charge in [0.05, 0.1) is 31.6 Å². The Morgan fingerprint density at radius 2 is 1.94 bits per heavy atom. The van der Waals surface area contributed by atoms with Crippen molar-refractivity contribution in [2.24, 2.45) is 5.92 Å². The number of ether oxygens (including phenoxy) is 2. The quantitative estimate of drug-likeness (QED) is 0.633. The molecule has 0 saturated carbocycles. The molecule has 1 N–H and O–H groups in total. The Hall–Kier alpha value is -2.00. The summed E-state index contributed by atoms with van der Waals surface area (Å²) in [5.74, 6) is 0.0628. The zero-order valence-corrected chi connectivity index (χ0v) is 19.6. The second-order valence-corrected chi connectivity index (χ2v) is 10.1. The molecular formula is C21H24Cl2N2O5S. The number of benzene rings is 2. The molecule has 0 unspecified atom stereocenters. The Kier molecular flexibility index (Phi) is 7.69. The van der Waals surface area contributed by atoms with Gasteiger partial charge in [-0.05, 0) is 42.7 Å². The Morgan fingerprint density at radius 1 is 1.16 bits per heavy atom. The molecule has 3 rings (SSSR count). The lowest BCUT2D eigenvalue weighted by Gasteiger charge is -2.31. The molecule has 0 spiro atoms. The molecule has 1 fully saturated rings. The number of halogens is 2. The van der Waals surface area contributed by atoms with Gasteiger partial charge in [-0.1, -0.05) is 29.3 Å². The molecule has 0 aliphatic carbocycles. The van der Waals surface area contributed by atoms with Crippen LogP contribution in [0.2, 0.25) is 10.0 Å². The Labute approximate surface area is 192 Å². The van der Waals surface area contributed by atoms with Crippen LogP contribution in [0.15, 0.2) is 36.4 Å². The van der Waals surface area contributed by atoms with Gasteiger partial charge in [0.25, 0.3) is 0 Å². The number of methoxy groups -OCH3 is 2. The summed E-state index contributed by atoms with van der Waals surface area (Å²) < 4.78 is 37.8.